The van der Waals surface area contributed by atoms with Gasteiger partial charge in [-0.25, -0.2) is 0 Å². The predicted octanol–water partition coefficient (Wildman–Crippen LogP) is 3.62. The minimum absolute atomic E-state index is 0.264. The molecule has 0 amide bonds. The van der Waals surface area contributed by atoms with Crippen LogP contribution in [0.25, 0.3) is 0 Å². The second-order valence-corrected chi connectivity index (χ2v) is 8.42. The third-order valence-corrected chi connectivity index (χ3v) is 7.87. The molecule has 0 radical (unpaired) electrons. The fourth-order valence-corrected chi connectivity index (χ4v) is 5.80. The Labute approximate surface area is 111 Å². The van der Waals surface area contributed by atoms with Gasteiger partial charge in [0.15, 0.2) is 0 Å². The monoisotopic (exact) mass is 278 g/mol. The normalized spacial score (nSPS) is 14.4. The van der Waals surface area contributed by atoms with Gasteiger partial charge in [0, 0.05) is 21.3 Å². The van der Waals surface area contributed by atoms with Crippen molar-refractivity contribution in [2.24, 2.45) is 0 Å². The highest BCUT2D eigenvalue weighted by atomic mass is 32.2. The molecule has 1 atom stereocenters. The standard InChI is InChI=1S/C12H26O3SSi/c1-6-8-9-10-11-16-12(7-2)17(13-3,14-4)15-5/h10-12H,6-9H2,1-5H3/b11-10+. The van der Waals surface area contributed by atoms with Crippen LogP contribution in [0.1, 0.15) is 39.5 Å². The highest BCUT2D eigenvalue weighted by Gasteiger charge is 2.46. The molecule has 102 valence electrons. The van der Waals surface area contributed by atoms with Crippen LogP contribution in [0.5, 0.6) is 0 Å². The molecule has 0 aliphatic rings. The maximum atomic E-state index is 5.51. The van der Waals surface area contributed by atoms with E-state index < -0.39 is 8.80 Å². The van der Waals surface area contributed by atoms with Crippen LogP contribution < -0.4 is 0 Å². The van der Waals surface area contributed by atoms with Gasteiger partial charge in [-0.05, 0) is 18.2 Å². The summed E-state index contributed by atoms with van der Waals surface area (Å²) in [5.41, 5.74) is 0. The molecule has 0 N–H and O–H groups in total. The second kappa shape index (κ2) is 10.1. The Morgan fingerprint density at radius 1 is 1.12 bits per heavy atom. The summed E-state index contributed by atoms with van der Waals surface area (Å²) < 4.78 is 16.5. The number of hydrogen-bond acceptors (Lipinski definition) is 4. The van der Waals surface area contributed by atoms with E-state index in [1.54, 1.807) is 33.1 Å². The van der Waals surface area contributed by atoms with Crippen molar-refractivity contribution >= 4 is 20.6 Å². The molecule has 5 heteroatoms. The summed E-state index contributed by atoms with van der Waals surface area (Å²) in [5.74, 6) is 0. The lowest BCUT2D eigenvalue weighted by molar-refractivity contribution is 0.121. The molecule has 0 spiro atoms. The van der Waals surface area contributed by atoms with Crippen LogP contribution in [0.15, 0.2) is 11.5 Å². The lowest BCUT2D eigenvalue weighted by atomic mass is 10.2. The predicted molar refractivity (Wildman–Crippen MR) is 77.1 cm³/mol. The largest absolute Gasteiger partial charge is 0.514 e. The van der Waals surface area contributed by atoms with Crippen LogP contribution in [0.4, 0.5) is 0 Å². The molecule has 0 saturated carbocycles. The summed E-state index contributed by atoms with van der Waals surface area (Å²) >= 11 is 1.76. The zero-order chi connectivity index (χ0) is 13.1. The molecule has 0 saturated heterocycles. The molecule has 0 aromatic carbocycles. The Hall–Kier alpha value is 0.187. The zero-order valence-corrected chi connectivity index (χ0v) is 13.5. The quantitative estimate of drug-likeness (QED) is 0.450. The molecule has 3 nitrogen and oxygen atoms in total. The average Bonchev–Trinajstić information content (AvgIpc) is 2.38. The molecule has 0 rings (SSSR count). The van der Waals surface area contributed by atoms with Crippen LogP contribution in [0, 0.1) is 0 Å². The Morgan fingerprint density at radius 2 is 1.71 bits per heavy atom. The Morgan fingerprint density at radius 3 is 2.12 bits per heavy atom. The summed E-state index contributed by atoms with van der Waals surface area (Å²) in [7, 11) is 2.51. The van der Waals surface area contributed by atoms with Crippen LogP contribution in [0.2, 0.25) is 0 Å². The molecule has 0 aromatic heterocycles. The van der Waals surface area contributed by atoms with Crippen molar-refractivity contribution in [2.45, 2.75) is 44.4 Å². The molecule has 0 aliphatic heterocycles. The molecule has 0 aliphatic carbocycles. The van der Waals surface area contributed by atoms with Crippen LogP contribution in [-0.4, -0.2) is 35.0 Å². The number of thioether (sulfide) groups is 1. The first-order chi connectivity index (χ1) is 8.20. The van der Waals surface area contributed by atoms with Crippen molar-refractivity contribution in [3.05, 3.63) is 11.5 Å². The molecule has 0 fully saturated rings. The van der Waals surface area contributed by atoms with E-state index in [1.807, 2.05) is 0 Å². The number of hydrogen-bond donors (Lipinski definition) is 0. The smallest absolute Gasteiger partial charge is 0.376 e. The first-order valence-corrected chi connectivity index (χ1v) is 8.91. The Balaban J connectivity index is 4.33. The van der Waals surface area contributed by atoms with E-state index in [9.17, 15) is 0 Å². The van der Waals surface area contributed by atoms with Gasteiger partial charge in [0.25, 0.3) is 0 Å². The van der Waals surface area contributed by atoms with E-state index >= 15 is 0 Å². The van der Waals surface area contributed by atoms with Crippen LogP contribution in [0.3, 0.4) is 0 Å². The van der Waals surface area contributed by atoms with Gasteiger partial charge in [0.2, 0.25) is 0 Å². The topological polar surface area (TPSA) is 27.7 Å². The van der Waals surface area contributed by atoms with Gasteiger partial charge in [-0.1, -0.05) is 32.8 Å². The maximum absolute atomic E-state index is 5.51. The van der Waals surface area contributed by atoms with Crippen molar-refractivity contribution in [2.75, 3.05) is 21.3 Å². The number of unbranched alkanes of at least 4 members (excludes halogenated alkanes) is 2. The SMILES string of the molecule is CCCC/C=C/SC(CC)[Si](OC)(OC)OC. The van der Waals surface area contributed by atoms with Crippen molar-refractivity contribution < 1.29 is 13.3 Å². The zero-order valence-electron chi connectivity index (χ0n) is 11.7. The van der Waals surface area contributed by atoms with E-state index in [2.05, 4.69) is 25.3 Å². The van der Waals surface area contributed by atoms with Crippen molar-refractivity contribution in [3.63, 3.8) is 0 Å². The van der Waals surface area contributed by atoms with Gasteiger partial charge in [0.05, 0.1) is 4.87 Å². The van der Waals surface area contributed by atoms with Crippen LogP contribution >= 0.6 is 11.8 Å². The highest BCUT2D eigenvalue weighted by Crippen LogP contribution is 2.27. The van der Waals surface area contributed by atoms with E-state index in [1.165, 1.54) is 12.8 Å². The van der Waals surface area contributed by atoms with E-state index in [0.717, 1.165) is 12.8 Å². The summed E-state index contributed by atoms with van der Waals surface area (Å²) in [6.45, 7) is 4.34. The summed E-state index contributed by atoms with van der Waals surface area (Å²) in [5, 5.41) is 2.16. The number of rotatable bonds is 10. The molecule has 17 heavy (non-hydrogen) atoms. The van der Waals surface area contributed by atoms with Crippen LogP contribution in [-0.2, 0) is 13.3 Å². The maximum Gasteiger partial charge on any atom is 0.514 e. The van der Waals surface area contributed by atoms with E-state index in [4.69, 9.17) is 13.3 Å². The molecular weight excluding hydrogens is 252 g/mol. The Bertz CT molecular complexity index is 200. The van der Waals surface area contributed by atoms with Gasteiger partial charge in [-0.15, -0.1) is 11.8 Å². The average molecular weight is 278 g/mol. The lowest BCUT2D eigenvalue weighted by Crippen LogP contribution is -2.52. The first-order valence-electron chi connectivity index (χ1n) is 6.16. The Kier molecular flexibility index (Phi) is 10.3. The highest BCUT2D eigenvalue weighted by molar-refractivity contribution is 8.04. The fourth-order valence-electron chi connectivity index (χ4n) is 1.61. The summed E-state index contributed by atoms with van der Waals surface area (Å²) in [6, 6.07) is 0. The van der Waals surface area contributed by atoms with Crippen molar-refractivity contribution in [1.29, 1.82) is 0 Å². The minimum Gasteiger partial charge on any atom is -0.376 e. The molecule has 0 heterocycles. The van der Waals surface area contributed by atoms with Crippen molar-refractivity contribution in [1.82, 2.24) is 0 Å². The van der Waals surface area contributed by atoms with Gasteiger partial charge in [-0.2, -0.15) is 0 Å². The molecule has 1 unspecified atom stereocenters. The van der Waals surface area contributed by atoms with E-state index in [-0.39, 0.29) is 4.87 Å². The van der Waals surface area contributed by atoms with Gasteiger partial charge in [0.1, 0.15) is 0 Å². The van der Waals surface area contributed by atoms with Gasteiger partial charge in [-0.3, -0.25) is 0 Å². The molecular formula is C12H26O3SSi. The lowest BCUT2D eigenvalue weighted by Gasteiger charge is -2.30. The van der Waals surface area contributed by atoms with Gasteiger partial charge >= 0.3 is 8.80 Å². The third kappa shape index (κ3) is 5.57. The second-order valence-electron chi connectivity index (χ2n) is 3.76. The first kappa shape index (κ1) is 17.2. The minimum atomic E-state index is -2.50. The summed E-state index contributed by atoms with van der Waals surface area (Å²) in [6.07, 6.45) is 6.82. The third-order valence-electron chi connectivity index (χ3n) is 2.68. The van der Waals surface area contributed by atoms with E-state index in [0.29, 0.717) is 0 Å². The number of allylic oxidation sites excluding steroid dienone is 1. The summed E-state index contributed by atoms with van der Waals surface area (Å²) in [4.78, 5) is 0.264. The van der Waals surface area contributed by atoms with Gasteiger partial charge < -0.3 is 13.3 Å². The fraction of sp³-hybridized carbons (Fsp3) is 0.833. The van der Waals surface area contributed by atoms with Crippen molar-refractivity contribution in [3.8, 4) is 0 Å². The molecule has 0 bridgehead atoms. The molecule has 0 aromatic rings.